The van der Waals surface area contributed by atoms with Crippen LogP contribution in [0.4, 0.5) is 0 Å². The van der Waals surface area contributed by atoms with E-state index in [4.69, 9.17) is 9.47 Å². The number of esters is 1. The van der Waals surface area contributed by atoms with Crippen LogP contribution >= 0.6 is 0 Å². The molecule has 0 spiro atoms. The molecule has 0 saturated heterocycles. The van der Waals surface area contributed by atoms with Gasteiger partial charge >= 0.3 is 5.97 Å². The quantitative estimate of drug-likeness (QED) is 0.750. The van der Waals surface area contributed by atoms with Crippen LogP contribution in [0, 0.1) is 13.8 Å². The fourth-order valence-corrected chi connectivity index (χ4v) is 2.18. The average molecular weight is 341 g/mol. The summed E-state index contributed by atoms with van der Waals surface area (Å²) >= 11 is 0. The summed E-state index contributed by atoms with van der Waals surface area (Å²) in [6.07, 6.45) is 0.180. The molecule has 0 bridgehead atoms. The second-order valence-corrected chi connectivity index (χ2v) is 5.72. The highest BCUT2D eigenvalue weighted by Crippen LogP contribution is 2.20. The largest absolute Gasteiger partial charge is 0.493 e. The Hall–Kier alpha value is -2.82. The van der Waals surface area contributed by atoms with Gasteiger partial charge in [0.1, 0.15) is 18.9 Å². The number of rotatable bonds is 8. The number of hydrogen-bond donors (Lipinski definition) is 1. The van der Waals surface area contributed by atoms with Crippen molar-refractivity contribution in [2.75, 3.05) is 13.2 Å². The van der Waals surface area contributed by atoms with Crippen LogP contribution in [0.2, 0.25) is 0 Å². The van der Waals surface area contributed by atoms with Crippen molar-refractivity contribution in [2.24, 2.45) is 0 Å². The van der Waals surface area contributed by atoms with E-state index in [2.05, 4.69) is 5.32 Å². The highest BCUT2D eigenvalue weighted by Gasteiger charge is 2.08. The Balaban J connectivity index is 1.63. The molecule has 0 aliphatic heterocycles. The fraction of sp³-hybridized carbons (Fsp3) is 0.300. The number of carbonyl (C=O) groups excluding carboxylic acids is 2. The second-order valence-electron chi connectivity index (χ2n) is 5.72. The minimum absolute atomic E-state index is 0.144. The number of nitrogens with one attached hydrogen (secondary N) is 1. The first kappa shape index (κ1) is 18.5. The van der Waals surface area contributed by atoms with Crippen LogP contribution in [0.15, 0.2) is 48.5 Å². The first-order chi connectivity index (χ1) is 12.1. The molecule has 132 valence electrons. The molecular weight excluding hydrogens is 318 g/mol. The van der Waals surface area contributed by atoms with Gasteiger partial charge < -0.3 is 14.8 Å². The van der Waals surface area contributed by atoms with Gasteiger partial charge in [0.2, 0.25) is 5.91 Å². The summed E-state index contributed by atoms with van der Waals surface area (Å²) in [5.74, 6) is 0.0599. The molecule has 2 aromatic carbocycles. The van der Waals surface area contributed by atoms with Crippen molar-refractivity contribution >= 4 is 11.9 Å². The molecule has 0 aliphatic carbocycles. The zero-order valence-electron chi connectivity index (χ0n) is 14.6. The summed E-state index contributed by atoms with van der Waals surface area (Å²) in [5.41, 5.74) is 3.11. The molecule has 0 aromatic heterocycles. The number of aryl methyl sites for hydroxylation is 1. The van der Waals surface area contributed by atoms with Crippen molar-refractivity contribution in [3.63, 3.8) is 0 Å². The molecule has 0 unspecified atom stereocenters. The molecule has 2 rings (SSSR count). The lowest BCUT2D eigenvalue weighted by atomic mass is 10.1. The third kappa shape index (κ3) is 6.30. The van der Waals surface area contributed by atoms with Crippen molar-refractivity contribution in [1.29, 1.82) is 0 Å². The molecule has 1 N–H and O–H groups in total. The summed E-state index contributed by atoms with van der Waals surface area (Å²) < 4.78 is 10.7. The Labute approximate surface area is 148 Å². The van der Waals surface area contributed by atoms with E-state index >= 15 is 0 Å². The van der Waals surface area contributed by atoms with Gasteiger partial charge in [0, 0.05) is 0 Å². The van der Waals surface area contributed by atoms with E-state index in [1.54, 1.807) is 0 Å². The lowest BCUT2D eigenvalue weighted by molar-refractivity contribution is -0.145. The van der Waals surface area contributed by atoms with Crippen LogP contribution in [0.25, 0.3) is 0 Å². The van der Waals surface area contributed by atoms with Gasteiger partial charge in [-0.2, -0.15) is 0 Å². The number of amides is 1. The molecule has 5 heteroatoms. The molecule has 0 fully saturated rings. The standard InChI is InChI=1S/C20H23NO4/c1-15-7-6-10-18(16(15)2)24-12-11-19(22)21-13-20(23)25-14-17-8-4-3-5-9-17/h3-10H,11-14H2,1-2H3,(H,21,22). The Kier molecular flexibility index (Phi) is 7.01. The lowest BCUT2D eigenvalue weighted by Gasteiger charge is -2.11. The highest BCUT2D eigenvalue weighted by atomic mass is 16.5. The minimum Gasteiger partial charge on any atom is -0.493 e. The summed E-state index contributed by atoms with van der Waals surface area (Å²) in [7, 11) is 0. The average Bonchev–Trinajstić information content (AvgIpc) is 2.62. The Bertz CT molecular complexity index is 713. The van der Waals surface area contributed by atoms with E-state index in [0.717, 1.165) is 22.4 Å². The minimum atomic E-state index is -0.465. The molecule has 2 aromatic rings. The van der Waals surface area contributed by atoms with E-state index in [1.165, 1.54) is 0 Å². The summed E-state index contributed by atoms with van der Waals surface area (Å²) in [6, 6.07) is 15.2. The van der Waals surface area contributed by atoms with Crippen LogP contribution in [0.1, 0.15) is 23.1 Å². The van der Waals surface area contributed by atoms with Crippen LogP contribution in [-0.2, 0) is 20.9 Å². The van der Waals surface area contributed by atoms with Crippen molar-refractivity contribution in [3.05, 3.63) is 65.2 Å². The van der Waals surface area contributed by atoms with Crippen LogP contribution < -0.4 is 10.1 Å². The molecular formula is C20H23NO4. The molecule has 0 atom stereocenters. The summed E-state index contributed by atoms with van der Waals surface area (Å²) in [5, 5.41) is 2.54. The number of carbonyl (C=O) groups is 2. The Morgan fingerprint density at radius 2 is 1.76 bits per heavy atom. The third-order valence-corrected chi connectivity index (χ3v) is 3.81. The molecule has 0 radical (unpaired) electrons. The van der Waals surface area contributed by atoms with Crippen molar-refractivity contribution in [1.82, 2.24) is 5.32 Å². The zero-order chi connectivity index (χ0) is 18.1. The van der Waals surface area contributed by atoms with Gasteiger partial charge in [-0.1, -0.05) is 42.5 Å². The number of ether oxygens (including phenoxy) is 2. The topological polar surface area (TPSA) is 64.6 Å². The molecule has 5 nitrogen and oxygen atoms in total. The van der Waals surface area contributed by atoms with Gasteiger partial charge in [0.25, 0.3) is 0 Å². The molecule has 25 heavy (non-hydrogen) atoms. The second kappa shape index (κ2) is 9.47. The normalized spacial score (nSPS) is 10.2. The SMILES string of the molecule is Cc1cccc(OCCC(=O)NCC(=O)OCc2ccccc2)c1C. The molecule has 1 amide bonds. The van der Waals surface area contributed by atoms with Crippen molar-refractivity contribution in [2.45, 2.75) is 26.9 Å². The van der Waals surface area contributed by atoms with E-state index < -0.39 is 5.97 Å². The van der Waals surface area contributed by atoms with E-state index in [-0.39, 0.29) is 32.1 Å². The van der Waals surface area contributed by atoms with Crippen LogP contribution in [0.3, 0.4) is 0 Å². The number of benzene rings is 2. The van der Waals surface area contributed by atoms with Crippen LogP contribution in [0.5, 0.6) is 5.75 Å². The van der Waals surface area contributed by atoms with Gasteiger partial charge in [-0.25, -0.2) is 0 Å². The molecule has 0 heterocycles. The molecule has 0 aliphatic rings. The van der Waals surface area contributed by atoms with E-state index in [9.17, 15) is 9.59 Å². The first-order valence-electron chi connectivity index (χ1n) is 8.21. The van der Waals surface area contributed by atoms with E-state index in [0.29, 0.717) is 0 Å². The maximum atomic E-state index is 11.8. The number of hydrogen-bond acceptors (Lipinski definition) is 4. The van der Waals surface area contributed by atoms with E-state index in [1.807, 2.05) is 62.4 Å². The predicted octanol–water partition coefficient (Wildman–Crippen LogP) is 2.93. The first-order valence-corrected chi connectivity index (χ1v) is 8.21. The van der Waals surface area contributed by atoms with Crippen molar-refractivity contribution in [3.8, 4) is 5.75 Å². The highest BCUT2D eigenvalue weighted by molar-refractivity contribution is 5.81. The van der Waals surface area contributed by atoms with Gasteiger partial charge in [-0.05, 0) is 36.6 Å². The lowest BCUT2D eigenvalue weighted by Crippen LogP contribution is -2.31. The smallest absolute Gasteiger partial charge is 0.325 e. The summed E-state index contributed by atoms with van der Waals surface area (Å²) in [4.78, 5) is 23.4. The van der Waals surface area contributed by atoms with Crippen molar-refractivity contribution < 1.29 is 19.1 Å². The maximum absolute atomic E-state index is 11.8. The van der Waals surface area contributed by atoms with Gasteiger partial charge in [-0.3, -0.25) is 9.59 Å². The monoisotopic (exact) mass is 341 g/mol. The van der Waals surface area contributed by atoms with Gasteiger partial charge in [0.05, 0.1) is 13.0 Å². The van der Waals surface area contributed by atoms with Gasteiger partial charge in [0.15, 0.2) is 0 Å². The zero-order valence-corrected chi connectivity index (χ0v) is 14.6. The summed E-state index contributed by atoms with van der Waals surface area (Å²) in [6.45, 7) is 4.30. The predicted molar refractivity (Wildman–Crippen MR) is 95.3 cm³/mol. The van der Waals surface area contributed by atoms with Crippen LogP contribution in [-0.4, -0.2) is 25.0 Å². The third-order valence-electron chi connectivity index (χ3n) is 3.81. The molecule has 0 saturated carbocycles. The maximum Gasteiger partial charge on any atom is 0.325 e. The fourth-order valence-electron chi connectivity index (χ4n) is 2.18. The Morgan fingerprint density at radius 1 is 1.00 bits per heavy atom. The Morgan fingerprint density at radius 3 is 2.52 bits per heavy atom. The van der Waals surface area contributed by atoms with Gasteiger partial charge in [-0.15, -0.1) is 0 Å².